The van der Waals surface area contributed by atoms with E-state index in [1.54, 1.807) is 7.11 Å². The van der Waals surface area contributed by atoms with Gasteiger partial charge in [0, 0.05) is 12.7 Å². The lowest BCUT2D eigenvalue weighted by atomic mass is 10.1. The maximum absolute atomic E-state index is 5.35. The fourth-order valence-corrected chi connectivity index (χ4v) is 1.35. The summed E-state index contributed by atoms with van der Waals surface area (Å²) in [5.41, 5.74) is 2.40. The predicted molar refractivity (Wildman–Crippen MR) is 41.0 cm³/mol. The highest BCUT2D eigenvalue weighted by molar-refractivity contribution is 5.29. The van der Waals surface area contributed by atoms with Crippen LogP contribution in [0, 0.1) is 0 Å². The lowest BCUT2D eigenvalue weighted by Gasteiger charge is -2.06. The molecule has 0 unspecified atom stereocenters. The van der Waals surface area contributed by atoms with Crippen molar-refractivity contribution in [1.82, 2.24) is 0 Å². The Labute approximate surface area is 65.7 Å². The van der Waals surface area contributed by atoms with Crippen molar-refractivity contribution in [2.45, 2.75) is 12.9 Å². The highest BCUT2D eigenvalue weighted by Gasteiger charge is 2.21. The van der Waals surface area contributed by atoms with Gasteiger partial charge in [-0.25, -0.2) is 0 Å². The zero-order valence-electron chi connectivity index (χ0n) is 6.41. The molecule has 0 aliphatic carbocycles. The number of rotatable bonds is 1. The maximum atomic E-state index is 5.35. The molecule has 0 saturated carbocycles. The molecule has 1 heterocycles. The summed E-state index contributed by atoms with van der Waals surface area (Å²) in [6, 6.07) is 8.12. The van der Waals surface area contributed by atoms with Gasteiger partial charge in [0.1, 0.15) is 0 Å². The minimum absolute atomic E-state index is 0.147. The Morgan fingerprint density at radius 1 is 1.45 bits per heavy atom. The van der Waals surface area contributed by atoms with Crippen molar-refractivity contribution in [3.05, 3.63) is 35.4 Å². The van der Waals surface area contributed by atoms with E-state index in [0.717, 1.165) is 5.56 Å². The summed E-state index contributed by atoms with van der Waals surface area (Å²) in [7, 11) is 1.66. The SMILES string of the molecule is CO[C@@H]1OCc2ccccc21. The first-order valence-electron chi connectivity index (χ1n) is 3.64. The van der Waals surface area contributed by atoms with E-state index in [1.165, 1.54) is 5.56 Å². The minimum atomic E-state index is -0.147. The van der Waals surface area contributed by atoms with Crippen LogP contribution in [0.25, 0.3) is 0 Å². The molecule has 2 heteroatoms. The van der Waals surface area contributed by atoms with E-state index in [9.17, 15) is 0 Å². The van der Waals surface area contributed by atoms with Crippen LogP contribution in [0.15, 0.2) is 24.3 Å². The first kappa shape index (κ1) is 6.83. The van der Waals surface area contributed by atoms with Crippen LogP contribution >= 0.6 is 0 Å². The van der Waals surface area contributed by atoms with Gasteiger partial charge < -0.3 is 9.47 Å². The molecule has 2 rings (SSSR count). The number of benzene rings is 1. The zero-order chi connectivity index (χ0) is 7.68. The van der Waals surface area contributed by atoms with Crippen LogP contribution in [0.5, 0.6) is 0 Å². The standard InChI is InChI=1S/C9H10O2/c1-10-9-8-5-3-2-4-7(8)6-11-9/h2-5,9H,6H2,1H3/t9-/m1/s1. The summed E-state index contributed by atoms with van der Waals surface area (Å²) in [6.45, 7) is 0.675. The average molecular weight is 150 g/mol. The number of hydrogen-bond donors (Lipinski definition) is 0. The Hall–Kier alpha value is -0.860. The number of hydrogen-bond acceptors (Lipinski definition) is 2. The molecule has 0 N–H and O–H groups in total. The van der Waals surface area contributed by atoms with Crippen molar-refractivity contribution < 1.29 is 9.47 Å². The third kappa shape index (κ3) is 1.04. The van der Waals surface area contributed by atoms with Crippen LogP contribution in [0.1, 0.15) is 17.4 Å². The summed E-state index contributed by atoms with van der Waals surface area (Å²) >= 11 is 0. The number of fused-ring (bicyclic) bond motifs is 1. The summed E-state index contributed by atoms with van der Waals surface area (Å²) in [5.74, 6) is 0. The summed E-state index contributed by atoms with van der Waals surface area (Å²) in [6.07, 6.45) is -0.147. The molecule has 0 fully saturated rings. The molecule has 11 heavy (non-hydrogen) atoms. The van der Waals surface area contributed by atoms with E-state index in [4.69, 9.17) is 9.47 Å². The summed E-state index contributed by atoms with van der Waals surface area (Å²) < 4.78 is 10.5. The Morgan fingerprint density at radius 2 is 2.27 bits per heavy atom. The molecule has 0 aromatic heterocycles. The van der Waals surface area contributed by atoms with E-state index >= 15 is 0 Å². The van der Waals surface area contributed by atoms with Crippen LogP contribution in [0.3, 0.4) is 0 Å². The van der Waals surface area contributed by atoms with Crippen molar-refractivity contribution in [3.63, 3.8) is 0 Å². The Morgan fingerprint density at radius 3 is 3.09 bits per heavy atom. The first-order chi connectivity index (χ1) is 5.42. The molecule has 1 aliphatic heterocycles. The molecule has 1 aromatic rings. The lowest BCUT2D eigenvalue weighted by molar-refractivity contribution is -0.118. The Balaban J connectivity index is 2.39. The molecule has 1 atom stereocenters. The lowest BCUT2D eigenvalue weighted by Crippen LogP contribution is -1.96. The molecule has 1 aliphatic rings. The van der Waals surface area contributed by atoms with E-state index < -0.39 is 0 Å². The third-order valence-electron chi connectivity index (χ3n) is 1.91. The van der Waals surface area contributed by atoms with E-state index in [0.29, 0.717) is 6.61 Å². The Bertz CT molecular complexity index is 257. The quantitative estimate of drug-likeness (QED) is 0.608. The van der Waals surface area contributed by atoms with Crippen molar-refractivity contribution in [1.29, 1.82) is 0 Å². The fourth-order valence-electron chi connectivity index (χ4n) is 1.35. The number of methoxy groups -OCH3 is 1. The molecule has 0 amide bonds. The molecule has 1 aromatic carbocycles. The normalized spacial score (nSPS) is 21.7. The highest BCUT2D eigenvalue weighted by Crippen LogP contribution is 2.29. The maximum Gasteiger partial charge on any atom is 0.184 e. The van der Waals surface area contributed by atoms with Gasteiger partial charge in [0.2, 0.25) is 0 Å². The zero-order valence-corrected chi connectivity index (χ0v) is 6.41. The van der Waals surface area contributed by atoms with Gasteiger partial charge in [-0.05, 0) is 5.56 Å². The molecule has 0 saturated heterocycles. The van der Waals surface area contributed by atoms with Gasteiger partial charge in [-0.2, -0.15) is 0 Å². The van der Waals surface area contributed by atoms with Crippen LogP contribution < -0.4 is 0 Å². The molecular weight excluding hydrogens is 140 g/mol. The van der Waals surface area contributed by atoms with Crippen LogP contribution in [-0.4, -0.2) is 7.11 Å². The molecule has 0 bridgehead atoms. The average Bonchev–Trinajstić information content (AvgIpc) is 2.47. The second-order valence-corrected chi connectivity index (χ2v) is 2.58. The van der Waals surface area contributed by atoms with Gasteiger partial charge in [0.15, 0.2) is 6.29 Å². The second kappa shape index (κ2) is 2.64. The second-order valence-electron chi connectivity index (χ2n) is 2.58. The van der Waals surface area contributed by atoms with Crippen LogP contribution in [0.2, 0.25) is 0 Å². The molecule has 2 nitrogen and oxygen atoms in total. The molecule has 0 spiro atoms. The van der Waals surface area contributed by atoms with Crippen molar-refractivity contribution in [3.8, 4) is 0 Å². The fraction of sp³-hybridized carbons (Fsp3) is 0.333. The predicted octanol–water partition coefficient (Wildman–Crippen LogP) is 1.86. The molecule has 58 valence electrons. The topological polar surface area (TPSA) is 18.5 Å². The smallest absolute Gasteiger partial charge is 0.184 e. The van der Waals surface area contributed by atoms with E-state index in [1.807, 2.05) is 18.2 Å². The van der Waals surface area contributed by atoms with Gasteiger partial charge >= 0.3 is 0 Å². The number of ether oxygens (including phenoxy) is 2. The van der Waals surface area contributed by atoms with Gasteiger partial charge in [0.05, 0.1) is 6.61 Å². The first-order valence-corrected chi connectivity index (χ1v) is 3.64. The van der Waals surface area contributed by atoms with Crippen molar-refractivity contribution >= 4 is 0 Å². The third-order valence-corrected chi connectivity index (χ3v) is 1.91. The van der Waals surface area contributed by atoms with Gasteiger partial charge in [-0.3, -0.25) is 0 Å². The van der Waals surface area contributed by atoms with Crippen molar-refractivity contribution in [2.75, 3.05) is 7.11 Å². The summed E-state index contributed by atoms with van der Waals surface area (Å²) in [5, 5.41) is 0. The molecular formula is C9H10O2. The van der Waals surface area contributed by atoms with E-state index in [-0.39, 0.29) is 6.29 Å². The van der Waals surface area contributed by atoms with Crippen LogP contribution in [-0.2, 0) is 16.1 Å². The van der Waals surface area contributed by atoms with Gasteiger partial charge in [-0.15, -0.1) is 0 Å². The largest absolute Gasteiger partial charge is 0.352 e. The minimum Gasteiger partial charge on any atom is -0.352 e. The Kier molecular flexibility index (Phi) is 1.64. The van der Waals surface area contributed by atoms with Crippen LogP contribution in [0.4, 0.5) is 0 Å². The van der Waals surface area contributed by atoms with Gasteiger partial charge in [0.25, 0.3) is 0 Å². The van der Waals surface area contributed by atoms with E-state index in [2.05, 4.69) is 6.07 Å². The van der Waals surface area contributed by atoms with Gasteiger partial charge in [-0.1, -0.05) is 24.3 Å². The monoisotopic (exact) mass is 150 g/mol. The molecule has 0 radical (unpaired) electrons. The highest BCUT2D eigenvalue weighted by atomic mass is 16.7. The van der Waals surface area contributed by atoms with Crippen molar-refractivity contribution in [2.24, 2.45) is 0 Å². The summed E-state index contributed by atoms with van der Waals surface area (Å²) in [4.78, 5) is 0.